The molecule has 0 spiro atoms. The highest BCUT2D eigenvalue weighted by atomic mass is 32.2. The number of nitrogens with one attached hydrogen (secondary N) is 1. The van der Waals surface area contributed by atoms with Gasteiger partial charge in [-0.3, -0.25) is 9.78 Å². The minimum Gasteiger partial charge on any atom is -0.457 e. The number of amides is 1. The Hall–Kier alpha value is -2.45. The monoisotopic (exact) mass is 358 g/mol. The van der Waals surface area contributed by atoms with Gasteiger partial charge in [-0.05, 0) is 42.8 Å². The van der Waals surface area contributed by atoms with Crippen LogP contribution >= 0.6 is 23.1 Å². The normalized spacial score (nSPS) is 10.4. The largest absolute Gasteiger partial charge is 0.457 e. The molecule has 0 saturated heterocycles. The molecular formula is C16H14N4O2S2. The molecule has 0 aliphatic rings. The number of pyridine rings is 1. The number of benzene rings is 1. The zero-order chi connectivity index (χ0) is 16.8. The van der Waals surface area contributed by atoms with Crippen LogP contribution in [0.15, 0.2) is 52.6 Å². The van der Waals surface area contributed by atoms with Gasteiger partial charge in [-0.25, -0.2) is 0 Å². The maximum absolute atomic E-state index is 12.0. The van der Waals surface area contributed by atoms with E-state index in [1.54, 1.807) is 30.0 Å². The fourth-order valence-electron chi connectivity index (χ4n) is 1.92. The van der Waals surface area contributed by atoms with Crippen LogP contribution in [0.5, 0.6) is 11.5 Å². The third kappa shape index (κ3) is 4.53. The number of carbonyl (C=O) groups excluding carboxylic acids is 1. The maximum atomic E-state index is 12.0. The van der Waals surface area contributed by atoms with Crippen molar-refractivity contribution in [1.29, 1.82) is 0 Å². The molecule has 2 aromatic heterocycles. The lowest BCUT2D eigenvalue weighted by atomic mass is 10.2. The molecule has 0 saturated carbocycles. The molecule has 0 bridgehead atoms. The van der Waals surface area contributed by atoms with E-state index < -0.39 is 0 Å². The van der Waals surface area contributed by atoms with Crippen molar-refractivity contribution < 1.29 is 9.53 Å². The van der Waals surface area contributed by atoms with Gasteiger partial charge in [0.05, 0.1) is 5.75 Å². The van der Waals surface area contributed by atoms with E-state index in [0.29, 0.717) is 11.5 Å². The number of aromatic nitrogens is 3. The van der Waals surface area contributed by atoms with Crippen LogP contribution in [0.25, 0.3) is 0 Å². The molecule has 0 aliphatic heterocycles. The summed E-state index contributed by atoms with van der Waals surface area (Å²) in [6.45, 7) is 1.92. The van der Waals surface area contributed by atoms with Gasteiger partial charge >= 0.3 is 0 Å². The van der Waals surface area contributed by atoms with Crippen molar-refractivity contribution in [2.75, 3.05) is 11.1 Å². The lowest BCUT2D eigenvalue weighted by Crippen LogP contribution is -2.14. The van der Waals surface area contributed by atoms with Crippen LogP contribution < -0.4 is 10.1 Å². The summed E-state index contributed by atoms with van der Waals surface area (Å²) < 4.78 is 6.53. The van der Waals surface area contributed by atoms with Crippen LogP contribution in [0.4, 0.5) is 5.69 Å². The van der Waals surface area contributed by atoms with Crippen LogP contribution in [0.3, 0.4) is 0 Å². The van der Waals surface area contributed by atoms with Gasteiger partial charge in [-0.15, -0.1) is 10.2 Å². The van der Waals surface area contributed by atoms with Gasteiger partial charge in [0.1, 0.15) is 17.0 Å². The van der Waals surface area contributed by atoms with Crippen LogP contribution in [0, 0.1) is 6.92 Å². The second-order valence-corrected chi connectivity index (χ2v) is 6.86. The first-order valence-corrected chi connectivity index (χ1v) is 8.94. The summed E-state index contributed by atoms with van der Waals surface area (Å²) in [5.41, 5.74) is 3.34. The number of hydrogen-bond acceptors (Lipinski definition) is 7. The molecule has 3 aromatic rings. The molecule has 8 heteroatoms. The summed E-state index contributed by atoms with van der Waals surface area (Å²) in [6.07, 6.45) is 3.35. The quantitative estimate of drug-likeness (QED) is 0.676. The van der Waals surface area contributed by atoms with E-state index in [1.807, 2.05) is 25.1 Å². The molecule has 0 unspecified atom stereocenters. The predicted molar refractivity (Wildman–Crippen MR) is 94.8 cm³/mol. The molecule has 0 atom stereocenters. The van der Waals surface area contributed by atoms with E-state index in [9.17, 15) is 4.79 Å². The zero-order valence-corrected chi connectivity index (χ0v) is 14.4. The Labute approximate surface area is 147 Å². The Morgan fingerprint density at radius 3 is 2.79 bits per heavy atom. The second kappa shape index (κ2) is 7.89. The first kappa shape index (κ1) is 16.4. The lowest BCUT2D eigenvalue weighted by molar-refractivity contribution is -0.113. The second-order valence-electron chi connectivity index (χ2n) is 4.80. The SMILES string of the molecule is Cc1cc(Oc2ccncc2)ccc1NC(=O)CSc1nncs1. The Bertz CT molecular complexity index is 810. The van der Waals surface area contributed by atoms with Crippen LogP contribution in [0.2, 0.25) is 0 Å². The zero-order valence-electron chi connectivity index (χ0n) is 12.8. The number of ether oxygens (including phenoxy) is 1. The minimum atomic E-state index is -0.0823. The Morgan fingerprint density at radius 2 is 2.08 bits per heavy atom. The number of hydrogen-bond donors (Lipinski definition) is 1. The van der Waals surface area contributed by atoms with Crippen molar-refractivity contribution in [3.8, 4) is 11.5 Å². The number of carbonyl (C=O) groups is 1. The molecule has 1 amide bonds. The highest BCUT2D eigenvalue weighted by molar-refractivity contribution is 8.01. The van der Waals surface area contributed by atoms with Crippen molar-refractivity contribution >= 4 is 34.7 Å². The highest BCUT2D eigenvalue weighted by Gasteiger charge is 2.08. The highest BCUT2D eigenvalue weighted by Crippen LogP contribution is 2.26. The molecule has 1 N–H and O–H groups in total. The number of aryl methyl sites for hydroxylation is 1. The fourth-order valence-corrected chi connectivity index (χ4v) is 3.21. The molecule has 2 heterocycles. The average molecular weight is 358 g/mol. The van der Waals surface area contributed by atoms with Crippen molar-refractivity contribution in [2.45, 2.75) is 11.3 Å². The average Bonchev–Trinajstić information content (AvgIpc) is 3.10. The summed E-state index contributed by atoms with van der Waals surface area (Å²) in [5, 5.41) is 10.5. The Morgan fingerprint density at radius 1 is 1.25 bits per heavy atom. The van der Waals surface area contributed by atoms with E-state index in [0.717, 1.165) is 21.3 Å². The van der Waals surface area contributed by atoms with Gasteiger partial charge in [0.25, 0.3) is 0 Å². The molecule has 122 valence electrons. The summed E-state index contributed by atoms with van der Waals surface area (Å²) in [6, 6.07) is 9.11. The first-order valence-electron chi connectivity index (χ1n) is 7.08. The molecule has 24 heavy (non-hydrogen) atoms. The standard InChI is InChI=1S/C16H14N4O2S2/c1-11-8-13(22-12-4-6-17-7-5-12)2-3-14(11)19-15(21)9-23-16-20-18-10-24-16/h2-8,10H,9H2,1H3,(H,19,21). The topological polar surface area (TPSA) is 77.0 Å². The number of nitrogens with zero attached hydrogens (tertiary/aromatic N) is 3. The van der Waals surface area contributed by atoms with Gasteiger partial charge in [0, 0.05) is 18.1 Å². The third-order valence-electron chi connectivity index (χ3n) is 3.02. The van der Waals surface area contributed by atoms with Gasteiger partial charge < -0.3 is 10.1 Å². The summed E-state index contributed by atoms with van der Waals surface area (Å²) in [7, 11) is 0. The van der Waals surface area contributed by atoms with E-state index >= 15 is 0 Å². The Kier molecular flexibility index (Phi) is 5.39. The van der Waals surface area contributed by atoms with Gasteiger partial charge in [-0.1, -0.05) is 23.1 Å². The van der Waals surface area contributed by atoms with Crippen molar-refractivity contribution in [1.82, 2.24) is 15.2 Å². The van der Waals surface area contributed by atoms with Crippen LogP contribution in [-0.2, 0) is 4.79 Å². The summed E-state index contributed by atoms with van der Waals surface area (Å²) in [5.74, 6) is 1.64. The number of thioether (sulfide) groups is 1. The van der Waals surface area contributed by atoms with Gasteiger partial charge in [-0.2, -0.15) is 0 Å². The predicted octanol–water partition coefficient (Wildman–Crippen LogP) is 3.76. The summed E-state index contributed by atoms with van der Waals surface area (Å²) >= 11 is 2.78. The minimum absolute atomic E-state index is 0.0823. The van der Waals surface area contributed by atoms with Gasteiger partial charge in [0.2, 0.25) is 5.91 Å². The van der Waals surface area contributed by atoms with E-state index in [1.165, 1.54) is 23.1 Å². The molecule has 6 nitrogen and oxygen atoms in total. The van der Waals surface area contributed by atoms with Crippen LogP contribution in [0.1, 0.15) is 5.56 Å². The van der Waals surface area contributed by atoms with Crippen molar-refractivity contribution in [3.63, 3.8) is 0 Å². The Balaban J connectivity index is 1.59. The number of anilines is 1. The van der Waals surface area contributed by atoms with Gasteiger partial charge in [0.15, 0.2) is 4.34 Å². The smallest absolute Gasteiger partial charge is 0.234 e. The molecule has 0 fully saturated rings. The van der Waals surface area contributed by atoms with E-state index in [4.69, 9.17) is 4.74 Å². The van der Waals surface area contributed by atoms with E-state index in [-0.39, 0.29) is 5.91 Å². The molecule has 1 aromatic carbocycles. The van der Waals surface area contributed by atoms with Crippen molar-refractivity contribution in [3.05, 3.63) is 53.8 Å². The lowest BCUT2D eigenvalue weighted by Gasteiger charge is -2.11. The maximum Gasteiger partial charge on any atom is 0.234 e. The fraction of sp³-hybridized carbons (Fsp3) is 0.125. The molecule has 0 aliphatic carbocycles. The molecular weight excluding hydrogens is 344 g/mol. The summed E-state index contributed by atoms with van der Waals surface area (Å²) in [4.78, 5) is 16.0. The molecule has 3 rings (SSSR count). The van der Waals surface area contributed by atoms with E-state index in [2.05, 4.69) is 20.5 Å². The number of rotatable bonds is 6. The third-order valence-corrected chi connectivity index (χ3v) is 4.88. The van der Waals surface area contributed by atoms with Crippen LogP contribution in [-0.4, -0.2) is 26.8 Å². The molecule has 0 radical (unpaired) electrons. The van der Waals surface area contributed by atoms with Crippen molar-refractivity contribution in [2.24, 2.45) is 0 Å². The first-order chi connectivity index (χ1) is 11.7.